The van der Waals surface area contributed by atoms with Crippen molar-refractivity contribution >= 4 is 11.9 Å². The number of amides is 1. The monoisotopic (exact) mass is 265 g/mol. The number of rotatable bonds is 5. The van der Waals surface area contributed by atoms with Crippen LogP contribution in [-0.2, 0) is 9.53 Å². The third kappa shape index (κ3) is 3.98. The van der Waals surface area contributed by atoms with Crippen LogP contribution in [0.15, 0.2) is 18.2 Å². The quantitative estimate of drug-likeness (QED) is 0.823. The van der Waals surface area contributed by atoms with E-state index in [0.717, 1.165) is 5.56 Å². The van der Waals surface area contributed by atoms with Crippen LogP contribution in [0, 0.1) is 0 Å². The second-order valence-electron chi connectivity index (χ2n) is 4.37. The smallest absolute Gasteiger partial charge is 0.325 e. The highest BCUT2D eigenvalue weighted by Crippen LogP contribution is 2.27. The Labute approximate surface area is 112 Å². The summed E-state index contributed by atoms with van der Waals surface area (Å²) in [6.45, 7) is 3.95. The second-order valence-corrected chi connectivity index (χ2v) is 4.37. The molecular formula is C14H19NO4. The van der Waals surface area contributed by atoms with Crippen molar-refractivity contribution in [1.82, 2.24) is 5.32 Å². The fourth-order valence-corrected chi connectivity index (χ4v) is 1.66. The lowest BCUT2D eigenvalue weighted by atomic mass is 10.00. The molecule has 0 unspecified atom stereocenters. The molecule has 0 aliphatic rings. The van der Waals surface area contributed by atoms with E-state index in [1.165, 1.54) is 7.11 Å². The van der Waals surface area contributed by atoms with Crippen molar-refractivity contribution in [2.45, 2.75) is 19.8 Å². The Bertz CT molecular complexity index is 469. The van der Waals surface area contributed by atoms with Crippen molar-refractivity contribution in [2.75, 3.05) is 20.8 Å². The van der Waals surface area contributed by atoms with Gasteiger partial charge in [0.1, 0.15) is 12.3 Å². The number of methoxy groups -OCH3 is 2. The molecule has 104 valence electrons. The molecule has 19 heavy (non-hydrogen) atoms. The molecule has 0 bridgehead atoms. The molecule has 1 aromatic rings. The fraction of sp³-hybridized carbons (Fsp3) is 0.429. The van der Waals surface area contributed by atoms with Crippen LogP contribution in [-0.4, -0.2) is 32.6 Å². The molecule has 0 aliphatic heterocycles. The van der Waals surface area contributed by atoms with Crippen LogP contribution in [0.3, 0.4) is 0 Å². The first-order valence-electron chi connectivity index (χ1n) is 6.02. The van der Waals surface area contributed by atoms with Gasteiger partial charge in [-0.1, -0.05) is 19.9 Å². The van der Waals surface area contributed by atoms with Gasteiger partial charge in [0.25, 0.3) is 5.91 Å². The highest BCUT2D eigenvalue weighted by Gasteiger charge is 2.13. The summed E-state index contributed by atoms with van der Waals surface area (Å²) in [7, 11) is 2.84. The molecule has 0 saturated carbocycles. The molecule has 0 fully saturated rings. The Morgan fingerprint density at radius 1 is 1.26 bits per heavy atom. The largest absolute Gasteiger partial charge is 0.496 e. The summed E-state index contributed by atoms with van der Waals surface area (Å²) in [4.78, 5) is 22.8. The maximum Gasteiger partial charge on any atom is 0.325 e. The number of ether oxygens (including phenoxy) is 2. The van der Waals surface area contributed by atoms with E-state index in [9.17, 15) is 9.59 Å². The van der Waals surface area contributed by atoms with Crippen molar-refractivity contribution < 1.29 is 19.1 Å². The molecule has 0 atom stereocenters. The van der Waals surface area contributed by atoms with Gasteiger partial charge < -0.3 is 14.8 Å². The summed E-state index contributed by atoms with van der Waals surface area (Å²) in [5.41, 5.74) is 1.48. The maximum absolute atomic E-state index is 11.8. The number of benzene rings is 1. The minimum atomic E-state index is -0.487. The van der Waals surface area contributed by atoms with Crippen LogP contribution in [0.2, 0.25) is 0 Å². The molecule has 1 rings (SSSR count). The number of hydrogen-bond acceptors (Lipinski definition) is 4. The minimum absolute atomic E-state index is 0.149. The highest BCUT2D eigenvalue weighted by atomic mass is 16.5. The third-order valence-electron chi connectivity index (χ3n) is 2.74. The lowest BCUT2D eigenvalue weighted by Crippen LogP contribution is -2.30. The first-order chi connectivity index (χ1) is 8.99. The summed E-state index contributed by atoms with van der Waals surface area (Å²) < 4.78 is 9.73. The van der Waals surface area contributed by atoms with Gasteiger partial charge in [-0.25, -0.2) is 0 Å². The van der Waals surface area contributed by atoms with E-state index in [-0.39, 0.29) is 12.5 Å². The summed E-state index contributed by atoms with van der Waals surface area (Å²) in [5.74, 6) is 0.154. The molecule has 1 amide bonds. The van der Waals surface area contributed by atoms with Gasteiger partial charge in [-0.15, -0.1) is 0 Å². The van der Waals surface area contributed by atoms with Crippen molar-refractivity contribution in [3.05, 3.63) is 29.3 Å². The van der Waals surface area contributed by atoms with Crippen LogP contribution in [0.5, 0.6) is 5.75 Å². The molecular weight excluding hydrogens is 246 g/mol. The summed E-state index contributed by atoms with van der Waals surface area (Å²) in [5, 5.41) is 2.48. The second kappa shape index (κ2) is 6.78. The molecule has 0 aliphatic carbocycles. The fourth-order valence-electron chi connectivity index (χ4n) is 1.66. The average molecular weight is 265 g/mol. The van der Waals surface area contributed by atoms with Gasteiger partial charge in [0.2, 0.25) is 0 Å². The molecule has 1 aromatic carbocycles. The molecule has 1 N–H and O–H groups in total. The van der Waals surface area contributed by atoms with Gasteiger partial charge in [-0.2, -0.15) is 0 Å². The van der Waals surface area contributed by atoms with Gasteiger partial charge in [0.05, 0.1) is 14.2 Å². The van der Waals surface area contributed by atoms with Crippen LogP contribution < -0.4 is 10.1 Å². The Kier molecular flexibility index (Phi) is 5.36. The lowest BCUT2D eigenvalue weighted by Gasteiger charge is -2.13. The van der Waals surface area contributed by atoms with E-state index in [1.54, 1.807) is 19.2 Å². The molecule has 0 radical (unpaired) electrons. The highest BCUT2D eigenvalue weighted by molar-refractivity contribution is 5.96. The number of carbonyl (C=O) groups is 2. The van der Waals surface area contributed by atoms with E-state index in [2.05, 4.69) is 23.9 Å². The maximum atomic E-state index is 11.8. The average Bonchev–Trinajstić information content (AvgIpc) is 2.43. The van der Waals surface area contributed by atoms with Gasteiger partial charge in [-0.05, 0) is 23.6 Å². The molecule has 0 spiro atoms. The van der Waals surface area contributed by atoms with Gasteiger partial charge in [0, 0.05) is 5.56 Å². The number of nitrogens with one attached hydrogen (secondary N) is 1. The van der Waals surface area contributed by atoms with Crippen molar-refractivity contribution in [3.63, 3.8) is 0 Å². The molecule has 5 heteroatoms. The zero-order valence-electron chi connectivity index (χ0n) is 11.6. The number of esters is 1. The topological polar surface area (TPSA) is 64.6 Å². The van der Waals surface area contributed by atoms with Crippen LogP contribution in [0.1, 0.15) is 35.7 Å². The number of carbonyl (C=O) groups excluding carboxylic acids is 2. The van der Waals surface area contributed by atoms with Crippen molar-refractivity contribution in [2.24, 2.45) is 0 Å². The lowest BCUT2D eigenvalue weighted by molar-refractivity contribution is -0.139. The van der Waals surface area contributed by atoms with E-state index in [4.69, 9.17) is 4.74 Å². The van der Waals surface area contributed by atoms with Crippen molar-refractivity contribution in [3.8, 4) is 5.75 Å². The Balaban J connectivity index is 2.84. The minimum Gasteiger partial charge on any atom is -0.496 e. The van der Waals surface area contributed by atoms with E-state index >= 15 is 0 Å². The Morgan fingerprint density at radius 2 is 1.95 bits per heavy atom. The first-order valence-corrected chi connectivity index (χ1v) is 6.02. The summed E-state index contributed by atoms with van der Waals surface area (Å²) in [6, 6.07) is 5.24. The molecule has 0 heterocycles. The Morgan fingerprint density at radius 3 is 2.47 bits per heavy atom. The van der Waals surface area contributed by atoms with Gasteiger partial charge in [0.15, 0.2) is 0 Å². The standard InChI is InChI=1S/C14H19NO4/c1-9(2)11-6-5-10(7-12(11)18-3)14(17)15-8-13(16)19-4/h5-7,9H,8H2,1-4H3,(H,15,17). The van der Waals surface area contributed by atoms with E-state index in [1.807, 2.05) is 6.07 Å². The molecule has 5 nitrogen and oxygen atoms in total. The normalized spacial score (nSPS) is 10.2. The van der Waals surface area contributed by atoms with Crippen LogP contribution in [0.25, 0.3) is 0 Å². The predicted molar refractivity (Wildman–Crippen MR) is 71.4 cm³/mol. The zero-order valence-corrected chi connectivity index (χ0v) is 11.6. The Hall–Kier alpha value is -2.04. The van der Waals surface area contributed by atoms with E-state index < -0.39 is 5.97 Å². The van der Waals surface area contributed by atoms with Gasteiger partial charge in [-0.3, -0.25) is 9.59 Å². The number of hydrogen-bond donors (Lipinski definition) is 1. The summed E-state index contributed by atoms with van der Waals surface area (Å²) in [6.07, 6.45) is 0. The SMILES string of the molecule is COC(=O)CNC(=O)c1ccc(C(C)C)c(OC)c1. The van der Waals surface area contributed by atoms with Gasteiger partial charge >= 0.3 is 5.97 Å². The van der Waals surface area contributed by atoms with Crippen LogP contribution >= 0.6 is 0 Å². The predicted octanol–water partition coefficient (Wildman–Crippen LogP) is 1.72. The summed E-state index contributed by atoms with van der Waals surface area (Å²) >= 11 is 0. The van der Waals surface area contributed by atoms with Crippen molar-refractivity contribution in [1.29, 1.82) is 0 Å². The third-order valence-corrected chi connectivity index (χ3v) is 2.74. The van der Waals surface area contributed by atoms with Crippen LogP contribution in [0.4, 0.5) is 0 Å². The molecule has 0 saturated heterocycles. The van der Waals surface area contributed by atoms with E-state index in [0.29, 0.717) is 17.2 Å². The first kappa shape index (κ1) is 15.0. The molecule has 0 aromatic heterocycles. The zero-order chi connectivity index (χ0) is 14.4.